The van der Waals surface area contributed by atoms with Crippen molar-refractivity contribution in [2.45, 2.75) is 12.5 Å². The first-order valence-corrected chi connectivity index (χ1v) is 4.32. The van der Waals surface area contributed by atoms with Crippen LogP contribution in [0.3, 0.4) is 0 Å². The Hall–Kier alpha value is -1.39. The van der Waals surface area contributed by atoms with E-state index in [0.717, 1.165) is 5.56 Å². The maximum atomic E-state index is 10.7. The molecule has 1 aromatic carbocycles. The van der Waals surface area contributed by atoms with Gasteiger partial charge in [-0.3, -0.25) is 10.1 Å². The summed E-state index contributed by atoms with van der Waals surface area (Å²) in [6.07, 6.45) is 0.332. The number of carboxylic acids is 1. The number of nitrogens with one attached hydrogen (secondary N) is 1. The summed E-state index contributed by atoms with van der Waals surface area (Å²) in [6.45, 7) is -0.580. The minimum absolute atomic E-state index is 0.332. The summed E-state index contributed by atoms with van der Waals surface area (Å²) in [6, 6.07) is 8.41. The van der Waals surface area contributed by atoms with Gasteiger partial charge in [-0.1, -0.05) is 30.3 Å². The van der Waals surface area contributed by atoms with Crippen molar-refractivity contribution < 1.29 is 15.0 Å². The zero-order chi connectivity index (χ0) is 10.4. The molecule has 4 heteroatoms. The second-order valence-electron chi connectivity index (χ2n) is 2.93. The van der Waals surface area contributed by atoms with Crippen molar-refractivity contribution in [3.05, 3.63) is 35.9 Å². The Kier molecular flexibility index (Phi) is 4.10. The van der Waals surface area contributed by atoms with Gasteiger partial charge in [-0.15, -0.1) is 0 Å². The number of carbonyl (C=O) groups is 1. The van der Waals surface area contributed by atoms with Crippen LogP contribution in [0.5, 0.6) is 0 Å². The molecule has 2 N–H and O–H groups in total. The first-order chi connectivity index (χ1) is 6.74. The van der Waals surface area contributed by atoms with Gasteiger partial charge < -0.3 is 5.11 Å². The molecular weight excluding hydrogens is 182 g/mol. The molecule has 0 aliphatic rings. The van der Waals surface area contributed by atoms with Gasteiger partial charge in [-0.25, -0.2) is 5.11 Å². The summed E-state index contributed by atoms with van der Waals surface area (Å²) in [7, 11) is 0. The molecule has 1 rings (SSSR count). The summed E-state index contributed by atoms with van der Waals surface area (Å²) in [5.41, 5.74) is 0.904. The van der Waals surface area contributed by atoms with Crippen LogP contribution < -0.4 is 5.32 Å². The summed E-state index contributed by atoms with van der Waals surface area (Å²) >= 11 is 0. The largest absolute Gasteiger partial charge is 0.480 e. The van der Waals surface area contributed by atoms with Gasteiger partial charge in [0.25, 0.3) is 0 Å². The van der Waals surface area contributed by atoms with Crippen molar-refractivity contribution in [3.8, 4) is 0 Å². The molecule has 0 aliphatic heterocycles. The lowest BCUT2D eigenvalue weighted by Crippen LogP contribution is -2.38. The van der Waals surface area contributed by atoms with E-state index in [2.05, 4.69) is 5.32 Å². The molecule has 0 unspecified atom stereocenters. The number of benzene rings is 1. The number of hydrogen-bond donors (Lipinski definition) is 2. The van der Waals surface area contributed by atoms with Gasteiger partial charge in [0.2, 0.25) is 0 Å². The molecule has 0 heterocycles. The van der Waals surface area contributed by atoms with Gasteiger partial charge in [0.05, 0.1) is 0 Å². The van der Waals surface area contributed by atoms with Gasteiger partial charge >= 0.3 is 5.97 Å². The average molecular weight is 194 g/mol. The third kappa shape index (κ3) is 3.16. The summed E-state index contributed by atoms with van der Waals surface area (Å²) < 4.78 is 0. The Bertz CT molecular complexity index is 287. The molecule has 0 aromatic heterocycles. The molecule has 0 spiro atoms. The molecule has 4 nitrogen and oxygen atoms in total. The van der Waals surface area contributed by atoms with Gasteiger partial charge in [0.1, 0.15) is 12.8 Å². The number of rotatable bonds is 5. The molecule has 1 atom stereocenters. The van der Waals surface area contributed by atoms with E-state index in [0.29, 0.717) is 6.42 Å². The van der Waals surface area contributed by atoms with Crippen molar-refractivity contribution in [2.75, 3.05) is 6.73 Å². The molecule has 0 saturated heterocycles. The van der Waals surface area contributed by atoms with Crippen LogP contribution in [0.15, 0.2) is 30.3 Å². The molecule has 14 heavy (non-hydrogen) atoms. The fraction of sp³-hybridized carbons (Fsp3) is 0.300. The predicted octanol–water partition coefficient (Wildman–Crippen LogP) is 0.660. The van der Waals surface area contributed by atoms with Crippen LogP contribution in [-0.2, 0) is 16.3 Å². The third-order valence-corrected chi connectivity index (χ3v) is 1.91. The predicted molar refractivity (Wildman–Crippen MR) is 50.3 cm³/mol. The quantitative estimate of drug-likeness (QED) is 0.676. The first kappa shape index (κ1) is 10.7. The highest BCUT2D eigenvalue weighted by molar-refractivity contribution is 5.73. The fourth-order valence-corrected chi connectivity index (χ4v) is 1.20. The lowest BCUT2D eigenvalue weighted by molar-refractivity contribution is -0.140. The van der Waals surface area contributed by atoms with E-state index in [1.807, 2.05) is 30.3 Å². The maximum Gasteiger partial charge on any atom is 0.321 e. The molecule has 0 fully saturated rings. The van der Waals surface area contributed by atoms with Crippen LogP contribution in [0.2, 0.25) is 0 Å². The molecule has 0 saturated carbocycles. The Labute approximate surface area is 82.2 Å². The van der Waals surface area contributed by atoms with Crippen molar-refractivity contribution >= 4 is 5.97 Å². The molecule has 0 bridgehead atoms. The minimum atomic E-state index is -0.996. The monoisotopic (exact) mass is 194 g/mol. The van der Waals surface area contributed by atoms with Crippen molar-refractivity contribution in [1.29, 1.82) is 0 Å². The Morgan fingerprint density at radius 3 is 2.50 bits per heavy atom. The highest BCUT2D eigenvalue weighted by Crippen LogP contribution is 2.02. The van der Waals surface area contributed by atoms with Crippen molar-refractivity contribution in [3.63, 3.8) is 0 Å². The number of carboxylic acid groups (broad SMARTS) is 1. The van der Waals surface area contributed by atoms with E-state index >= 15 is 0 Å². The number of aliphatic carboxylic acids is 1. The summed E-state index contributed by atoms with van der Waals surface area (Å²) in [5.74, 6) is -0.996. The highest BCUT2D eigenvalue weighted by Gasteiger charge is 2.16. The van der Waals surface area contributed by atoms with Crippen LogP contribution in [0, 0.1) is 0 Å². The highest BCUT2D eigenvalue weighted by atomic mass is 16.4. The summed E-state index contributed by atoms with van der Waals surface area (Å²) in [5, 5.41) is 21.4. The zero-order valence-corrected chi connectivity index (χ0v) is 7.64. The molecule has 0 amide bonds. The second kappa shape index (κ2) is 5.36. The standard InChI is InChI=1S/C10H12NO3/c12-7-11-9(10(13)14)6-8-4-2-1-3-5-8/h1-5,9,11H,6-7H2,(H,13,14)/t9-/m0/s1. The smallest absolute Gasteiger partial charge is 0.321 e. The lowest BCUT2D eigenvalue weighted by Gasteiger charge is -2.11. The Balaban J connectivity index is 2.60. The van der Waals surface area contributed by atoms with Crippen molar-refractivity contribution in [2.24, 2.45) is 0 Å². The van der Waals surface area contributed by atoms with Gasteiger partial charge in [-0.2, -0.15) is 0 Å². The second-order valence-corrected chi connectivity index (χ2v) is 2.93. The van der Waals surface area contributed by atoms with Gasteiger partial charge in [0, 0.05) is 0 Å². The van der Waals surface area contributed by atoms with E-state index in [4.69, 9.17) is 5.11 Å². The average Bonchev–Trinajstić information content (AvgIpc) is 2.18. The van der Waals surface area contributed by atoms with Crippen LogP contribution in [0.1, 0.15) is 5.56 Å². The maximum absolute atomic E-state index is 10.7. The first-order valence-electron chi connectivity index (χ1n) is 4.32. The fourth-order valence-electron chi connectivity index (χ4n) is 1.20. The van der Waals surface area contributed by atoms with E-state index in [1.54, 1.807) is 0 Å². The topological polar surface area (TPSA) is 69.2 Å². The Morgan fingerprint density at radius 2 is 2.00 bits per heavy atom. The van der Waals surface area contributed by atoms with Crippen LogP contribution in [0.25, 0.3) is 0 Å². The normalized spacial score (nSPS) is 12.4. The van der Waals surface area contributed by atoms with Crippen LogP contribution in [0.4, 0.5) is 0 Å². The third-order valence-electron chi connectivity index (χ3n) is 1.91. The number of hydrogen-bond acceptors (Lipinski definition) is 2. The summed E-state index contributed by atoms with van der Waals surface area (Å²) in [4.78, 5) is 10.7. The molecule has 0 aliphatic carbocycles. The lowest BCUT2D eigenvalue weighted by atomic mass is 10.1. The molecule has 1 aromatic rings. The van der Waals surface area contributed by atoms with E-state index in [-0.39, 0.29) is 0 Å². The van der Waals surface area contributed by atoms with Crippen molar-refractivity contribution in [1.82, 2.24) is 5.32 Å². The molecule has 75 valence electrons. The zero-order valence-electron chi connectivity index (χ0n) is 7.64. The minimum Gasteiger partial charge on any atom is -0.480 e. The van der Waals surface area contributed by atoms with Crippen LogP contribution >= 0.6 is 0 Å². The van der Waals surface area contributed by atoms with E-state index < -0.39 is 18.7 Å². The van der Waals surface area contributed by atoms with Crippen LogP contribution in [-0.4, -0.2) is 23.8 Å². The molecule has 1 radical (unpaired) electrons. The Morgan fingerprint density at radius 1 is 1.36 bits per heavy atom. The van der Waals surface area contributed by atoms with Gasteiger partial charge in [0.15, 0.2) is 0 Å². The molecular formula is C10H12NO3. The van der Waals surface area contributed by atoms with E-state index in [1.165, 1.54) is 0 Å². The van der Waals surface area contributed by atoms with E-state index in [9.17, 15) is 9.90 Å². The SMILES string of the molecule is [O]CN[C@@H](Cc1ccccc1)C(=O)O. The van der Waals surface area contributed by atoms with Gasteiger partial charge in [-0.05, 0) is 12.0 Å².